The third-order valence-electron chi connectivity index (χ3n) is 2.58. The molecule has 0 nitrogen and oxygen atoms in total. The minimum absolute atomic E-state index is 0.863. The molecule has 0 aliphatic carbocycles. The smallest absolute Gasteiger partial charge is 0.0420 e. The van der Waals surface area contributed by atoms with E-state index >= 15 is 0 Å². The molecule has 0 saturated heterocycles. The van der Waals surface area contributed by atoms with Gasteiger partial charge in [-0.25, -0.2) is 0 Å². The molecule has 0 unspecified atom stereocenters. The molecule has 0 aliphatic rings. The molecular formula is C11H24. The van der Waals surface area contributed by atoms with Crippen LogP contribution in [-0.4, -0.2) is 0 Å². The number of rotatable bonds is 5. The van der Waals surface area contributed by atoms with Gasteiger partial charge in [-0.2, -0.15) is 0 Å². The highest BCUT2D eigenvalue weighted by Crippen LogP contribution is 2.18. The Morgan fingerprint density at radius 1 is 0.818 bits per heavy atom. The van der Waals surface area contributed by atoms with E-state index < -0.39 is 0 Å². The Bertz CT molecular complexity index is 82.0. The molecule has 0 heteroatoms. The van der Waals surface area contributed by atoms with Crippen LogP contribution in [0.1, 0.15) is 53.9 Å². The van der Waals surface area contributed by atoms with Gasteiger partial charge in [0, 0.05) is 0 Å². The lowest BCUT2D eigenvalue weighted by atomic mass is 9.91. The number of hydrogen-bond acceptors (Lipinski definition) is 0. The molecule has 0 saturated carbocycles. The minimum Gasteiger partial charge on any atom is -0.0628 e. The van der Waals surface area contributed by atoms with Gasteiger partial charge in [-0.3, -0.25) is 0 Å². The summed E-state index contributed by atoms with van der Waals surface area (Å²) in [5.41, 5.74) is 0. The molecule has 0 bridgehead atoms. The van der Waals surface area contributed by atoms with Crippen molar-refractivity contribution in [3.05, 3.63) is 0 Å². The third kappa shape index (κ3) is 6.40. The Balaban J connectivity index is 3.24. The molecule has 0 aromatic rings. The summed E-state index contributed by atoms with van der Waals surface area (Å²) >= 11 is 0. The van der Waals surface area contributed by atoms with Crippen molar-refractivity contribution in [3.8, 4) is 0 Å². The third-order valence-corrected chi connectivity index (χ3v) is 2.58. The highest BCUT2D eigenvalue weighted by Gasteiger charge is 2.06. The fourth-order valence-electron chi connectivity index (χ4n) is 1.18. The van der Waals surface area contributed by atoms with Gasteiger partial charge < -0.3 is 0 Å². The summed E-state index contributed by atoms with van der Waals surface area (Å²) in [4.78, 5) is 0. The molecule has 1 atom stereocenters. The maximum Gasteiger partial charge on any atom is -0.0420 e. The van der Waals surface area contributed by atoms with E-state index in [2.05, 4.69) is 34.6 Å². The van der Waals surface area contributed by atoms with E-state index in [0.717, 1.165) is 17.8 Å². The fourth-order valence-corrected chi connectivity index (χ4v) is 1.18. The van der Waals surface area contributed by atoms with Gasteiger partial charge in [-0.1, -0.05) is 53.9 Å². The van der Waals surface area contributed by atoms with Crippen LogP contribution < -0.4 is 0 Å². The highest BCUT2D eigenvalue weighted by atomic mass is 14.1. The molecule has 68 valence electrons. The van der Waals surface area contributed by atoms with Crippen molar-refractivity contribution in [2.75, 3.05) is 0 Å². The SMILES string of the molecule is CC(C)CCC[C@H](C)C(C)C. The lowest BCUT2D eigenvalue weighted by Crippen LogP contribution is -2.03. The fraction of sp³-hybridized carbons (Fsp3) is 1.00. The van der Waals surface area contributed by atoms with Crippen LogP contribution in [0.5, 0.6) is 0 Å². The predicted octanol–water partition coefficient (Wildman–Crippen LogP) is 4.10. The Morgan fingerprint density at radius 3 is 1.73 bits per heavy atom. The van der Waals surface area contributed by atoms with Crippen LogP contribution >= 0.6 is 0 Å². The molecule has 0 heterocycles. The van der Waals surface area contributed by atoms with Gasteiger partial charge in [-0.05, 0) is 17.8 Å². The topological polar surface area (TPSA) is 0 Å². The van der Waals surface area contributed by atoms with Gasteiger partial charge in [0.2, 0.25) is 0 Å². The van der Waals surface area contributed by atoms with Crippen LogP contribution in [-0.2, 0) is 0 Å². The van der Waals surface area contributed by atoms with Crippen molar-refractivity contribution in [3.63, 3.8) is 0 Å². The zero-order valence-electron chi connectivity index (χ0n) is 8.85. The molecular weight excluding hydrogens is 132 g/mol. The molecule has 0 radical (unpaired) electrons. The summed E-state index contributed by atoms with van der Waals surface area (Å²) in [5, 5.41) is 0. The Labute approximate surface area is 72.4 Å². The monoisotopic (exact) mass is 156 g/mol. The zero-order chi connectivity index (χ0) is 8.85. The lowest BCUT2D eigenvalue weighted by Gasteiger charge is -2.15. The second-order valence-electron chi connectivity index (χ2n) is 4.55. The molecule has 0 aliphatic heterocycles. The Kier molecular flexibility index (Phi) is 5.62. The van der Waals surface area contributed by atoms with Gasteiger partial charge in [0.15, 0.2) is 0 Å². The van der Waals surface area contributed by atoms with Gasteiger partial charge in [0.25, 0.3) is 0 Å². The van der Waals surface area contributed by atoms with Crippen LogP contribution in [0.3, 0.4) is 0 Å². The minimum atomic E-state index is 0.863. The van der Waals surface area contributed by atoms with E-state index in [0.29, 0.717) is 0 Å². The largest absolute Gasteiger partial charge is 0.0628 e. The maximum atomic E-state index is 2.37. The van der Waals surface area contributed by atoms with E-state index in [1.165, 1.54) is 19.3 Å². The molecule has 0 N–H and O–H groups in total. The molecule has 0 rings (SSSR count). The van der Waals surface area contributed by atoms with Crippen LogP contribution in [0, 0.1) is 17.8 Å². The maximum absolute atomic E-state index is 2.37. The van der Waals surface area contributed by atoms with Crippen molar-refractivity contribution in [2.45, 2.75) is 53.9 Å². The average molecular weight is 156 g/mol. The number of hydrogen-bond donors (Lipinski definition) is 0. The first kappa shape index (κ1) is 11.0. The molecule has 11 heavy (non-hydrogen) atoms. The highest BCUT2D eigenvalue weighted by molar-refractivity contribution is 4.57. The zero-order valence-corrected chi connectivity index (χ0v) is 8.85. The van der Waals surface area contributed by atoms with Crippen LogP contribution in [0.25, 0.3) is 0 Å². The van der Waals surface area contributed by atoms with Crippen LogP contribution in [0.15, 0.2) is 0 Å². The van der Waals surface area contributed by atoms with E-state index in [9.17, 15) is 0 Å². The standard InChI is InChI=1S/C11H24/c1-9(2)7-6-8-11(5)10(3)4/h9-11H,6-8H2,1-5H3/t11-/m0/s1. The van der Waals surface area contributed by atoms with Crippen molar-refractivity contribution in [1.29, 1.82) is 0 Å². The first-order valence-electron chi connectivity index (χ1n) is 5.04. The van der Waals surface area contributed by atoms with Gasteiger partial charge in [0.1, 0.15) is 0 Å². The van der Waals surface area contributed by atoms with Gasteiger partial charge >= 0.3 is 0 Å². The second kappa shape index (κ2) is 5.62. The first-order valence-corrected chi connectivity index (χ1v) is 5.04. The molecule has 0 aromatic heterocycles. The summed E-state index contributed by atoms with van der Waals surface area (Å²) in [7, 11) is 0. The summed E-state index contributed by atoms with van der Waals surface area (Å²) in [6, 6.07) is 0. The summed E-state index contributed by atoms with van der Waals surface area (Å²) < 4.78 is 0. The van der Waals surface area contributed by atoms with Gasteiger partial charge in [0.05, 0.1) is 0 Å². The van der Waals surface area contributed by atoms with E-state index in [4.69, 9.17) is 0 Å². The van der Waals surface area contributed by atoms with E-state index in [1.807, 2.05) is 0 Å². The van der Waals surface area contributed by atoms with Crippen molar-refractivity contribution >= 4 is 0 Å². The van der Waals surface area contributed by atoms with Crippen LogP contribution in [0.2, 0.25) is 0 Å². The van der Waals surface area contributed by atoms with E-state index in [1.54, 1.807) is 0 Å². The Hall–Kier alpha value is 0. The van der Waals surface area contributed by atoms with Crippen LogP contribution in [0.4, 0.5) is 0 Å². The predicted molar refractivity (Wildman–Crippen MR) is 52.7 cm³/mol. The second-order valence-corrected chi connectivity index (χ2v) is 4.55. The summed E-state index contributed by atoms with van der Waals surface area (Å²) in [6.07, 6.45) is 4.23. The molecule has 0 spiro atoms. The van der Waals surface area contributed by atoms with E-state index in [-0.39, 0.29) is 0 Å². The quantitative estimate of drug-likeness (QED) is 0.562. The molecule has 0 amide bonds. The molecule has 0 fully saturated rings. The van der Waals surface area contributed by atoms with Crippen molar-refractivity contribution in [1.82, 2.24) is 0 Å². The summed E-state index contributed by atoms with van der Waals surface area (Å²) in [5.74, 6) is 2.66. The van der Waals surface area contributed by atoms with Crippen molar-refractivity contribution < 1.29 is 0 Å². The first-order chi connectivity index (χ1) is 5.04. The normalized spacial score (nSPS) is 14.5. The lowest BCUT2D eigenvalue weighted by molar-refractivity contribution is 0.366. The van der Waals surface area contributed by atoms with Gasteiger partial charge in [-0.15, -0.1) is 0 Å². The average Bonchev–Trinajstić information content (AvgIpc) is 1.86. The summed E-state index contributed by atoms with van der Waals surface area (Å²) in [6.45, 7) is 11.6. The van der Waals surface area contributed by atoms with Crippen molar-refractivity contribution in [2.24, 2.45) is 17.8 Å². The Morgan fingerprint density at radius 2 is 1.36 bits per heavy atom. The molecule has 0 aromatic carbocycles.